The number of nitro benzene ring substituents is 1. The number of hydrogen-bond acceptors (Lipinski definition) is 3. The van der Waals surface area contributed by atoms with E-state index in [1.54, 1.807) is 6.07 Å². The van der Waals surface area contributed by atoms with Crippen molar-refractivity contribution in [1.82, 2.24) is 0 Å². The van der Waals surface area contributed by atoms with Crippen molar-refractivity contribution in [3.05, 3.63) is 31.7 Å². The molecule has 0 bridgehead atoms. The summed E-state index contributed by atoms with van der Waals surface area (Å²) in [6.45, 7) is 2.63. The van der Waals surface area contributed by atoms with Gasteiger partial charge in [-0.05, 0) is 28.4 Å². The summed E-state index contributed by atoms with van der Waals surface area (Å²) in [6.07, 6.45) is 0.875. The van der Waals surface area contributed by atoms with Gasteiger partial charge in [0.15, 0.2) is 0 Å². The van der Waals surface area contributed by atoms with E-state index in [1.165, 1.54) is 6.07 Å². The summed E-state index contributed by atoms with van der Waals surface area (Å²) in [4.78, 5) is 10.3. The highest BCUT2D eigenvalue weighted by Crippen LogP contribution is 2.37. The molecule has 0 saturated heterocycles. The zero-order valence-electron chi connectivity index (χ0n) is 8.09. The van der Waals surface area contributed by atoms with Crippen molar-refractivity contribution in [2.24, 2.45) is 0 Å². The molecule has 0 aliphatic heterocycles. The van der Waals surface area contributed by atoms with E-state index in [1.807, 2.05) is 6.92 Å². The zero-order chi connectivity index (χ0) is 11.4. The van der Waals surface area contributed by atoms with Crippen LogP contribution in [0.1, 0.15) is 13.3 Å². The fourth-order valence-corrected chi connectivity index (χ4v) is 1.67. The van der Waals surface area contributed by atoms with Crippen molar-refractivity contribution in [1.29, 1.82) is 0 Å². The lowest BCUT2D eigenvalue weighted by molar-refractivity contribution is -0.384. The first kappa shape index (κ1) is 12.3. The van der Waals surface area contributed by atoms with Crippen LogP contribution in [0.4, 0.5) is 11.4 Å². The van der Waals surface area contributed by atoms with Crippen LogP contribution in [0.25, 0.3) is 0 Å². The fourth-order valence-electron chi connectivity index (χ4n) is 1.11. The molecule has 82 valence electrons. The Balaban J connectivity index is 3.16. The van der Waals surface area contributed by atoms with Crippen molar-refractivity contribution in [2.75, 3.05) is 11.9 Å². The van der Waals surface area contributed by atoms with E-state index in [0.29, 0.717) is 21.7 Å². The molecule has 0 unspecified atom stereocenters. The monoisotopic (exact) mass is 292 g/mol. The normalized spacial score (nSPS) is 10.1. The van der Waals surface area contributed by atoms with Crippen LogP contribution in [0, 0.1) is 10.1 Å². The second kappa shape index (κ2) is 5.32. The lowest BCUT2D eigenvalue weighted by Crippen LogP contribution is -2.04. The SMILES string of the molecule is CCCNc1c([N+](=O)[O-])ccc(Br)c1Cl. The predicted octanol–water partition coefficient (Wildman–Crippen LogP) is 3.83. The standard InChI is InChI=1S/C9H10BrClN2O2/c1-2-5-12-9-7(13(14)15)4-3-6(10)8(9)11/h3-4,12H,2,5H2,1H3. The summed E-state index contributed by atoms with van der Waals surface area (Å²) >= 11 is 9.19. The summed E-state index contributed by atoms with van der Waals surface area (Å²) in [5, 5.41) is 14.0. The van der Waals surface area contributed by atoms with Crippen molar-refractivity contribution in [2.45, 2.75) is 13.3 Å². The Labute approximate surface area is 101 Å². The molecule has 0 amide bonds. The minimum Gasteiger partial charge on any atom is -0.378 e. The molecule has 0 aliphatic carbocycles. The van der Waals surface area contributed by atoms with Crippen molar-refractivity contribution in [3.8, 4) is 0 Å². The minimum atomic E-state index is -0.448. The number of benzene rings is 1. The summed E-state index contributed by atoms with van der Waals surface area (Å²) in [6, 6.07) is 2.99. The molecule has 0 saturated carbocycles. The molecule has 6 heteroatoms. The molecule has 1 rings (SSSR count). The van der Waals surface area contributed by atoms with E-state index < -0.39 is 4.92 Å². The van der Waals surface area contributed by atoms with Crippen LogP contribution in [0.3, 0.4) is 0 Å². The summed E-state index contributed by atoms with van der Waals surface area (Å²) in [5.41, 5.74) is 0.370. The molecule has 1 N–H and O–H groups in total. The fraction of sp³-hybridized carbons (Fsp3) is 0.333. The minimum absolute atomic E-state index is 0.00310. The Kier molecular flexibility index (Phi) is 4.35. The topological polar surface area (TPSA) is 55.2 Å². The average molecular weight is 294 g/mol. The van der Waals surface area contributed by atoms with Crippen LogP contribution in [-0.2, 0) is 0 Å². The third kappa shape index (κ3) is 2.82. The van der Waals surface area contributed by atoms with Crippen molar-refractivity contribution < 1.29 is 4.92 Å². The molecule has 0 fully saturated rings. The van der Waals surface area contributed by atoms with Gasteiger partial charge in [0.25, 0.3) is 5.69 Å². The number of hydrogen-bond donors (Lipinski definition) is 1. The van der Waals surface area contributed by atoms with Gasteiger partial charge >= 0.3 is 0 Å². The molecule has 0 radical (unpaired) electrons. The maximum absolute atomic E-state index is 10.7. The molecule has 1 aromatic rings. The highest BCUT2D eigenvalue weighted by atomic mass is 79.9. The van der Waals surface area contributed by atoms with E-state index in [9.17, 15) is 10.1 Å². The number of nitro groups is 1. The molecule has 0 heterocycles. The summed E-state index contributed by atoms with van der Waals surface area (Å²) in [7, 11) is 0. The first-order valence-electron chi connectivity index (χ1n) is 4.44. The third-order valence-electron chi connectivity index (χ3n) is 1.82. The van der Waals surface area contributed by atoms with Gasteiger partial charge < -0.3 is 5.32 Å². The molecular weight excluding hydrogens is 283 g/mol. The van der Waals surface area contributed by atoms with Crippen LogP contribution in [0.2, 0.25) is 5.02 Å². The largest absolute Gasteiger partial charge is 0.378 e. The lowest BCUT2D eigenvalue weighted by atomic mass is 10.2. The van der Waals surface area contributed by atoms with Crippen LogP contribution in [0.15, 0.2) is 16.6 Å². The van der Waals surface area contributed by atoms with E-state index in [2.05, 4.69) is 21.2 Å². The maximum atomic E-state index is 10.7. The van der Waals surface area contributed by atoms with Gasteiger partial charge in [0, 0.05) is 17.1 Å². The van der Waals surface area contributed by atoms with Gasteiger partial charge in [0.05, 0.1) is 9.95 Å². The number of rotatable bonds is 4. The zero-order valence-corrected chi connectivity index (χ0v) is 10.4. The van der Waals surface area contributed by atoms with Gasteiger partial charge in [-0.25, -0.2) is 0 Å². The highest BCUT2D eigenvalue weighted by molar-refractivity contribution is 9.10. The van der Waals surface area contributed by atoms with Crippen LogP contribution >= 0.6 is 27.5 Å². The number of nitrogens with one attached hydrogen (secondary N) is 1. The smallest absolute Gasteiger partial charge is 0.293 e. The van der Waals surface area contributed by atoms with E-state index >= 15 is 0 Å². The van der Waals surface area contributed by atoms with Gasteiger partial charge in [-0.2, -0.15) is 0 Å². The highest BCUT2D eigenvalue weighted by Gasteiger charge is 2.18. The molecular formula is C9H10BrClN2O2. The van der Waals surface area contributed by atoms with E-state index in [-0.39, 0.29) is 5.69 Å². The predicted molar refractivity (Wildman–Crippen MR) is 64.6 cm³/mol. The Bertz CT molecular complexity index is 385. The quantitative estimate of drug-likeness (QED) is 0.678. The number of halogens is 2. The van der Waals surface area contributed by atoms with Gasteiger partial charge in [-0.3, -0.25) is 10.1 Å². The molecule has 1 aromatic carbocycles. The second-order valence-electron chi connectivity index (χ2n) is 2.94. The molecule has 4 nitrogen and oxygen atoms in total. The lowest BCUT2D eigenvalue weighted by Gasteiger charge is -2.08. The van der Waals surface area contributed by atoms with E-state index in [0.717, 1.165) is 6.42 Å². The molecule has 0 aliphatic rings. The number of anilines is 1. The van der Waals surface area contributed by atoms with Crippen molar-refractivity contribution in [3.63, 3.8) is 0 Å². The summed E-state index contributed by atoms with van der Waals surface area (Å²) in [5.74, 6) is 0. The molecule has 15 heavy (non-hydrogen) atoms. The average Bonchev–Trinajstić information content (AvgIpc) is 2.19. The Morgan fingerprint density at radius 3 is 2.80 bits per heavy atom. The van der Waals surface area contributed by atoms with Crippen LogP contribution in [0.5, 0.6) is 0 Å². The molecule has 0 aromatic heterocycles. The van der Waals surface area contributed by atoms with Gasteiger partial charge in [-0.15, -0.1) is 0 Å². The molecule has 0 spiro atoms. The van der Waals surface area contributed by atoms with Gasteiger partial charge in [-0.1, -0.05) is 18.5 Å². The second-order valence-corrected chi connectivity index (χ2v) is 4.17. The first-order valence-corrected chi connectivity index (χ1v) is 5.61. The van der Waals surface area contributed by atoms with Gasteiger partial charge in [0.1, 0.15) is 5.69 Å². The van der Waals surface area contributed by atoms with E-state index in [4.69, 9.17) is 11.6 Å². The summed E-state index contributed by atoms with van der Waals surface area (Å²) < 4.78 is 0.647. The molecule has 0 atom stereocenters. The Hall–Kier alpha value is -0.810. The number of nitrogens with zero attached hydrogens (tertiary/aromatic N) is 1. The Morgan fingerprint density at radius 2 is 2.27 bits per heavy atom. The maximum Gasteiger partial charge on any atom is 0.293 e. The van der Waals surface area contributed by atoms with Crippen molar-refractivity contribution >= 4 is 38.9 Å². The first-order chi connectivity index (χ1) is 7.07. The Morgan fingerprint density at radius 1 is 1.60 bits per heavy atom. The van der Waals surface area contributed by atoms with Crippen LogP contribution < -0.4 is 5.32 Å². The van der Waals surface area contributed by atoms with Crippen LogP contribution in [-0.4, -0.2) is 11.5 Å². The third-order valence-corrected chi connectivity index (χ3v) is 3.10. The van der Waals surface area contributed by atoms with Gasteiger partial charge in [0.2, 0.25) is 0 Å².